The van der Waals surface area contributed by atoms with E-state index in [0.717, 1.165) is 5.69 Å². The molecule has 1 unspecified atom stereocenters. The number of nitrogens with two attached hydrogens (primary N) is 1. The van der Waals surface area contributed by atoms with Crippen LogP contribution in [0.2, 0.25) is 0 Å². The van der Waals surface area contributed by atoms with Crippen LogP contribution in [0.25, 0.3) is 0 Å². The Labute approximate surface area is 108 Å². The number of nitrogens with one attached hydrogen (secondary N) is 2. The smallest absolute Gasteiger partial charge is 0.240 e. The van der Waals surface area contributed by atoms with Crippen LogP contribution in [0.3, 0.4) is 0 Å². The maximum absolute atomic E-state index is 11.6. The van der Waals surface area contributed by atoms with Crippen molar-refractivity contribution in [3.05, 3.63) is 24.3 Å². The van der Waals surface area contributed by atoms with E-state index in [2.05, 4.69) is 10.0 Å². The molecule has 0 radical (unpaired) electrons. The first-order valence-electron chi connectivity index (χ1n) is 6.07. The Morgan fingerprint density at radius 2 is 1.94 bits per heavy atom. The molecule has 1 aliphatic carbocycles. The van der Waals surface area contributed by atoms with E-state index in [1.165, 1.54) is 19.9 Å². The molecule has 18 heavy (non-hydrogen) atoms. The summed E-state index contributed by atoms with van der Waals surface area (Å²) in [7, 11) is -1.95. The second kappa shape index (κ2) is 5.26. The van der Waals surface area contributed by atoms with Gasteiger partial charge in [-0.1, -0.05) is 0 Å². The molecule has 4 N–H and O–H groups in total. The third kappa shape index (κ3) is 3.01. The van der Waals surface area contributed by atoms with Gasteiger partial charge in [-0.05, 0) is 50.1 Å². The van der Waals surface area contributed by atoms with E-state index in [-0.39, 0.29) is 10.9 Å². The van der Waals surface area contributed by atoms with Crippen LogP contribution in [0.15, 0.2) is 29.2 Å². The third-order valence-corrected chi connectivity index (χ3v) is 4.66. The van der Waals surface area contributed by atoms with Gasteiger partial charge in [0.1, 0.15) is 0 Å². The molecule has 1 aromatic carbocycles. The number of hydrogen-bond donors (Lipinski definition) is 3. The fourth-order valence-corrected chi connectivity index (χ4v) is 2.66. The first-order chi connectivity index (χ1) is 8.56. The molecular formula is C12H19N3O2S. The number of anilines is 1. The van der Waals surface area contributed by atoms with Gasteiger partial charge in [0, 0.05) is 18.3 Å². The predicted molar refractivity (Wildman–Crippen MR) is 71.9 cm³/mol. The molecule has 6 heteroatoms. The summed E-state index contributed by atoms with van der Waals surface area (Å²) in [4.78, 5) is 0.270. The highest BCUT2D eigenvalue weighted by Gasteiger charge is 2.30. The second-order valence-electron chi connectivity index (χ2n) is 4.56. The van der Waals surface area contributed by atoms with Crippen molar-refractivity contribution in [2.24, 2.45) is 11.7 Å². The van der Waals surface area contributed by atoms with Gasteiger partial charge < -0.3 is 11.1 Å². The summed E-state index contributed by atoms with van der Waals surface area (Å²) < 4.78 is 25.4. The standard InChI is InChI=1S/C12H19N3O2S/c1-14-18(16,17)11-6-4-10(5-7-11)15-12(8-13)9-2-3-9/h4-7,9,12,14-15H,2-3,8,13H2,1H3. The van der Waals surface area contributed by atoms with Gasteiger partial charge in [0.05, 0.1) is 4.90 Å². The van der Waals surface area contributed by atoms with Crippen molar-refractivity contribution < 1.29 is 8.42 Å². The Morgan fingerprint density at radius 3 is 2.39 bits per heavy atom. The lowest BCUT2D eigenvalue weighted by Gasteiger charge is -2.17. The van der Waals surface area contributed by atoms with Gasteiger partial charge in [-0.25, -0.2) is 13.1 Å². The largest absolute Gasteiger partial charge is 0.381 e. The molecule has 0 spiro atoms. The molecule has 0 bridgehead atoms. The highest BCUT2D eigenvalue weighted by Crippen LogP contribution is 2.33. The molecule has 0 aliphatic heterocycles. The van der Waals surface area contributed by atoms with Crippen molar-refractivity contribution in [1.29, 1.82) is 0 Å². The van der Waals surface area contributed by atoms with Crippen molar-refractivity contribution in [1.82, 2.24) is 4.72 Å². The van der Waals surface area contributed by atoms with Crippen LogP contribution in [0.4, 0.5) is 5.69 Å². The lowest BCUT2D eigenvalue weighted by molar-refractivity contribution is 0.588. The van der Waals surface area contributed by atoms with Crippen LogP contribution in [-0.2, 0) is 10.0 Å². The highest BCUT2D eigenvalue weighted by molar-refractivity contribution is 7.89. The van der Waals surface area contributed by atoms with Gasteiger partial charge in [0.25, 0.3) is 0 Å². The fraction of sp³-hybridized carbons (Fsp3) is 0.500. The Bertz CT molecular complexity index is 495. The quantitative estimate of drug-likeness (QED) is 0.711. The number of hydrogen-bond acceptors (Lipinski definition) is 4. The summed E-state index contributed by atoms with van der Waals surface area (Å²) in [6, 6.07) is 7.02. The summed E-state index contributed by atoms with van der Waals surface area (Å²) in [5, 5.41) is 3.35. The molecule has 0 saturated heterocycles. The van der Waals surface area contributed by atoms with Crippen LogP contribution in [0.5, 0.6) is 0 Å². The van der Waals surface area contributed by atoms with Crippen LogP contribution in [0, 0.1) is 5.92 Å². The minimum Gasteiger partial charge on any atom is -0.381 e. The van der Waals surface area contributed by atoms with E-state index < -0.39 is 10.0 Å². The van der Waals surface area contributed by atoms with E-state index in [0.29, 0.717) is 12.5 Å². The molecule has 1 aliphatic rings. The van der Waals surface area contributed by atoms with E-state index in [1.54, 1.807) is 24.3 Å². The van der Waals surface area contributed by atoms with Gasteiger partial charge in [-0.15, -0.1) is 0 Å². The Balaban J connectivity index is 2.07. The predicted octanol–water partition coefficient (Wildman–Crippen LogP) is 0.744. The van der Waals surface area contributed by atoms with Crippen molar-refractivity contribution in [2.75, 3.05) is 18.9 Å². The average molecular weight is 269 g/mol. The Hall–Kier alpha value is -1.11. The normalized spacial score (nSPS) is 17.4. The van der Waals surface area contributed by atoms with Gasteiger partial charge in [-0.3, -0.25) is 0 Å². The molecule has 1 aromatic rings. The zero-order chi connectivity index (χ0) is 13.2. The van der Waals surface area contributed by atoms with Gasteiger partial charge >= 0.3 is 0 Å². The lowest BCUT2D eigenvalue weighted by atomic mass is 10.1. The SMILES string of the molecule is CNS(=O)(=O)c1ccc(NC(CN)C2CC2)cc1. The molecule has 5 nitrogen and oxygen atoms in total. The summed E-state index contributed by atoms with van der Waals surface area (Å²) in [5.41, 5.74) is 6.62. The van der Waals surface area contributed by atoms with Gasteiger partial charge in [0.15, 0.2) is 0 Å². The van der Waals surface area contributed by atoms with Crippen molar-refractivity contribution in [3.8, 4) is 0 Å². The number of sulfonamides is 1. The van der Waals surface area contributed by atoms with E-state index >= 15 is 0 Å². The molecule has 1 atom stereocenters. The Morgan fingerprint density at radius 1 is 1.33 bits per heavy atom. The fourth-order valence-electron chi connectivity index (χ4n) is 1.93. The zero-order valence-electron chi connectivity index (χ0n) is 10.4. The molecule has 0 aromatic heterocycles. The summed E-state index contributed by atoms with van der Waals surface area (Å²) in [6.45, 7) is 0.598. The molecular weight excluding hydrogens is 250 g/mol. The molecule has 100 valence electrons. The molecule has 1 fully saturated rings. The van der Waals surface area contributed by atoms with Crippen LogP contribution < -0.4 is 15.8 Å². The maximum Gasteiger partial charge on any atom is 0.240 e. The summed E-state index contributed by atoms with van der Waals surface area (Å²) in [6.07, 6.45) is 2.45. The molecule has 0 amide bonds. The lowest BCUT2D eigenvalue weighted by Crippen LogP contribution is -2.30. The second-order valence-corrected chi connectivity index (χ2v) is 6.44. The van der Waals surface area contributed by atoms with E-state index in [1.807, 2.05) is 0 Å². The van der Waals surface area contributed by atoms with Crippen molar-refractivity contribution >= 4 is 15.7 Å². The van der Waals surface area contributed by atoms with E-state index in [4.69, 9.17) is 5.73 Å². The van der Waals surface area contributed by atoms with E-state index in [9.17, 15) is 8.42 Å². The Kier molecular flexibility index (Phi) is 3.89. The molecule has 2 rings (SSSR count). The summed E-state index contributed by atoms with van der Waals surface area (Å²) in [5.74, 6) is 0.663. The van der Waals surface area contributed by atoms with Crippen molar-refractivity contribution in [2.45, 2.75) is 23.8 Å². The number of rotatable bonds is 6. The van der Waals surface area contributed by atoms with Crippen molar-refractivity contribution in [3.63, 3.8) is 0 Å². The number of benzene rings is 1. The molecule has 1 saturated carbocycles. The highest BCUT2D eigenvalue weighted by atomic mass is 32.2. The van der Waals surface area contributed by atoms with Crippen LogP contribution >= 0.6 is 0 Å². The van der Waals surface area contributed by atoms with Crippen LogP contribution in [-0.4, -0.2) is 28.1 Å². The zero-order valence-corrected chi connectivity index (χ0v) is 11.2. The monoisotopic (exact) mass is 269 g/mol. The van der Waals surface area contributed by atoms with Gasteiger partial charge in [-0.2, -0.15) is 0 Å². The first-order valence-corrected chi connectivity index (χ1v) is 7.55. The maximum atomic E-state index is 11.6. The minimum absolute atomic E-state index is 0.270. The minimum atomic E-state index is -3.36. The third-order valence-electron chi connectivity index (χ3n) is 3.23. The first kappa shape index (κ1) is 13.3. The van der Waals surface area contributed by atoms with Gasteiger partial charge in [0.2, 0.25) is 10.0 Å². The molecule has 0 heterocycles. The summed E-state index contributed by atoms with van der Waals surface area (Å²) >= 11 is 0. The average Bonchev–Trinajstić information content (AvgIpc) is 3.21. The topological polar surface area (TPSA) is 84.2 Å². The van der Waals surface area contributed by atoms with Crippen LogP contribution in [0.1, 0.15) is 12.8 Å².